The van der Waals surface area contributed by atoms with Crippen LogP contribution in [-0.4, -0.2) is 23.3 Å². The second-order valence-electron chi connectivity index (χ2n) is 7.03. The number of hydrogen-bond acceptors (Lipinski definition) is 5. The number of esters is 1. The molecule has 0 atom stereocenters. The van der Waals surface area contributed by atoms with Crippen LogP contribution in [-0.2, 0) is 16.0 Å². The van der Waals surface area contributed by atoms with Crippen LogP contribution in [0.4, 0.5) is 0 Å². The molecule has 0 aliphatic heterocycles. The number of nitriles is 1. The number of pyridine rings is 1. The van der Waals surface area contributed by atoms with E-state index in [1.807, 2.05) is 39.0 Å². The molecular formula is C22H24N2O4. The zero-order valence-corrected chi connectivity index (χ0v) is 16.9. The SMILES string of the molecule is Cc1cc(C)c(C(=O)COC(=O)CCc2c(C)[nH]c(=O)c(C#N)c2C)c(C)c1. The smallest absolute Gasteiger partial charge is 0.306 e. The molecule has 1 aromatic heterocycles. The third-order valence-electron chi connectivity index (χ3n) is 4.82. The summed E-state index contributed by atoms with van der Waals surface area (Å²) in [5.74, 6) is -0.731. The first-order valence-electron chi connectivity index (χ1n) is 9.04. The molecule has 6 heteroatoms. The van der Waals surface area contributed by atoms with Gasteiger partial charge in [0.25, 0.3) is 5.56 Å². The first-order chi connectivity index (χ1) is 13.1. The van der Waals surface area contributed by atoms with Gasteiger partial charge in [-0.3, -0.25) is 14.4 Å². The highest BCUT2D eigenvalue weighted by atomic mass is 16.5. The molecule has 0 bridgehead atoms. The Kier molecular flexibility index (Phi) is 6.53. The fraction of sp³-hybridized carbons (Fsp3) is 0.364. The Morgan fingerprint density at radius 2 is 1.71 bits per heavy atom. The van der Waals surface area contributed by atoms with E-state index in [4.69, 9.17) is 10.00 Å². The van der Waals surface area contributed by atoms with Crippen LogP contribution in [0.25, 0.3) is 0 Å². The lowest BCUT2D eigenvalue weighted by atomic mass is 9.97. The summed E-state index contributed by atoms with van der Waals surface area (Å²) >= 11 is 0. The van der Waals surface area contributed by atoms with E-state index in [0.29, 0.717) is 23.2 Å². The Balaban J connectivity index is 2.02. The number of carbonyl (C=O) groups excluding carboxylic acids is 2. The van der Waals surface area contributed by atoms with Crippen molar-refractivity contribution in [2.45, 2.75) is 47.5 Å². The number of aromatic nitrogens is 1. The van der Waals surface area contributed by atoms with Gasteiger partial charge in [0.15, 0.2) is 6.61 Å². The van der Waals surface area contributed by atoms with Gasteiger partial charge in [-0.05, 0) is 63.3 Å². The maximum atomic E-state index is 12.5. The van der Waals surface area contributed by atoms with Crippen molar-refractivity contribution < 1.29 is 14.3 Å². The lowest BCUT2D eigenvalue weighted by Crippen LogP contribution is -2.19. The zero-order valence-electron chi connectivity index (χ0n) is 16.9. The molecule has 0 spiro atoms. The van der Waals surface area contributed by atoms with E-state index in [1.54, 1.807) is 13.8 Å². The van der Waals surface area contributed by atoms with Crippen molar-refractivity contribution in [1.82, 2.24) is 4.98 Å². The first-order valence-corrected chi connectivity index (χ1v) is 9.04. The van der Waals surface area contributed by atoms with Gasteiger partial charge in [-0.25, -0.2) is 0 Å². The summed E-state index contributed by atoms with van der Waals surface area (Å²) in [6.07, 6.45) is 0.372. The number of nitrogens with one attached hydrogen (secondary N) is 1. The van der Waals surface area contributed by atoms with Crippen molar-refractivity contribution in [3.05, 3.63) is 67.1 Å². The highest BCUT2D eigenvalue weighted by Gasteiger charge is 2.17. The van der Waals surface area contributed by atoms with E-state index in [0.717, 1.165) is 22.3 Å². The van der Waals surface area contributed by atoms with Gasteiger partial charge < -0.3 is 9.72 Å². The second kappa shape index (κ2) is 8.66. The number of benzene rings is 1. The maximum absolute atomic E-state index is 12.5. The molecule has 0 unspecified atom stereocenters. The first kappa shape index (κ1) is 21.1. The molecule has 0 saturated carbocycles. The molecule has 0 radical (unpaired) electrons. The molecular weight excluding hydrogens is 356 g/mol. The van der Waals surface area contributed by atoms with Crippen LogP contribution in [0.3, 0.4) is 0 Å². The molecule has 1 heterocycles. The Labute approximate surface area is 164 Å². The maximum Gasteiger partial charge on any atom is 0.306 e. The largest absolute Gasteiger partial charge is 0.457 e. The van der Waals surface area contributed by atoms with Gasteiger partial charge >= 0.3 is 5.97 Å². The van der Waals surface area contributed by atoms with Crippen LogP contribution in [0.5, 0.6) is 0 Å². The average Bonchev–Trinajstić information content (AvgIpc) is 2.58. The van der Waals surface area contributed by atoms with E-state index < -0.39 is 11.5 Å². The van der Waals surface area contributed by atoms with Crippen molar-refractivity contribution in [2.24, 2.45) is 0 Å². The third kappa shape index (κ3) is 4.55. The number of hydrogen-bond donors (Lipinski definition) is 1. The molecule has 0 aliphatic carbocycles. The molecule has 146 valence electrons. The van der Waals surface area contributed by atoms with Crippen molar-refractivity contribution in [3.63, 3.8) is 0 Å². The molecule has 1 aromatic carbocycles. The number of rotatable bonds is 6. The minimum Gasteiger partial charge on any atom is -0.457 e. The molecule has 0 saturated heterocycles. The minimum atomic E-state index is -0.501. The van der Waals surface area contributed by atoms with Gasteiger partial charge in [0.05, 0.1) is 0 Å². The van der Waals surface area contributed by atoms with Gasteiger partial charge in [-0.15, -0.1) is 0 Å². The lowest BCUT2D eigenvalue weighted by molar-refractivity contribution is -0.142. The van der Waals surface area contributed by atoms with Gasteiger partial charge in [-0.2, -0.15) is 5.26 Å². The summed E-state index contributed by atoms with van der Waals surface area (Å²) in [4.78, 5) is 39.0. The van der Waals surface area contributed by atoms with Crippen molar-refractivity contribution >= 4 is 11.8 Å². The Morgan fingerprint density at radius 1 is 1.11 bits per heavy atom. The normalized spacial score (nSPS) is 10.4. The van der Waals surface area contributed by atoms with Gasteiger partial charge in [-0.1, -0.05) is 17.7 Å². The van der Waals surface area contributed by atoms with Crippen LogP contribution in [0, 0.1) is 45.9 Å². The van der Waals surface area contributed by atoms with E-state index in [1.165, 1.54) is 0 Å². The van der Waals surface area contributed by atoms with Crippen LogP contribution < -0.4 is 5.56 Å². The van der Waals surface area contributed by atoms with E-state index in [-0.39, 0.29) is 24.4 Å². The van der Waals surface area contributed by atoms with Crippen LogP contribution >= 0.6 is 0 Å². The number of aromatic amines is 1. The van der Waals surface area contributed by atoms with E-state index in [9.17, 15) is 14.4 Å². The number of carbonyl (C=O) groups is 2. The monoisotopic (exact) mass is 380 g/mol. The average molecular weight is 380 g/mol. The molecule has 0 amide bonds. The highest BCUT2D eigenvalue weighted by molar-refractivity contribution is 6.00. The summed E-state index contributed by atoms with van der Waals surface area (Å²) < 4.78 is 5.15. The van der Waals surface area contributed by atoms with Crippen molar-refractivity contribution in [2.75, 3.05) is 6.61 Å². The molecule has 2 rings (SSSR count). The topological polar surface area (TPSA) is 100 Å². The fourth-order valence-corrected chi connectivity index (χ4v) is 3.56. The number of H-pyrrole nitrogens is 1. The zero-order chi connectivity index (χ0) is 21.0. The Bertz CT molecular complexity index is 1020. The Morgan fingerprint density at radius 3 is 2.29 bits per heavy atom. The number of Topliss-reactive ketones (excluding diaryl/α,β-unsaturated/α-hetero) is 1. The molecule has 28 heavy (non-hydrogen) atoms. The number of ether oxygens (including phenoxy) is 1. The summed E-state index contributed by atoms with van der Waals surface area (Å²) in [6, 6.07) is 5.74. The minimum absolute atomic E-state index is 0.0504. The summed E-state index contributed by atoms with van der Waals surface area (Å²) in [5.41, 5.74) is 4.94. The fourth-order valence-electron chi connectivity index (χ4n) is 3.56. The van der Waals surface area contributed by atoms with Gasteiger partial charge in [0.2, 0.25) is 5.78 Å². The molecule has 6 nitrogen and oxygen atoms in total. The van der Waals surface area contributed by atoms with Crippen LogP contribution in [0.2, 0.25) is 0 Å². The number of ketones is 1. The van der Waals surface area contributed by atoms with E-state index in [2.05, 4.69) is 4.98 Å². The number of nitrogens with zero attached hydrogens (tertiary/aromatic N) is 1. The molecule has 0 fully saturated rings. The van der Waals surface area contributed by atoms with Crippen molar-refractivity contribution in [3.8, 4) is 6.07 Å². The van der Waals surface area contributed by atoms with Gasteiger partial charge in [0.1, 0.15) is 11.6 Å². The predicted molar refractivity (Wildman–Crippen MR) is 106 cm³/mol. The van der Waals surface area contributed by atoms with Crippen LogP contribution in [0.1, 0.15) is 55.9 Å². The standard InChI is InChI=1S/C22H24N2O4/c1-12-8-13(2)21(14(3)9-12)19(25)11-28-20(26)7-6-17-15(4)18(10-23)22(27)24-16(17)5/h8-9H,6-7,11H2,1-5H3,(H,24,27). The van der Waals surface area contributed by atoms with Gasteiger partial charge in [0, 0.05) is 17.7 Å². The molecule has 0 aliphatic rings. The van der Waals surface area contributed by atoms with E-state index >= 15 is 0 Å². The second-order valence-corrected chi connectivity index (χ2v) is 7.03. The third-order valence-corrected chi connectivity index (χ3v) is 4.82. The summed E-state index contributed by atoms with van der Waals surface area (Å²) in [6.45, 7) is 8.80. The summed E-state index contributed by atoms with van der Waals surface area (Å²) in [7, 11) is 0. The Hall–Kier alpha value is -3.20. The highest BCUT2D eigenvalue weighted by Crippen LogP contribution is 2.18. The molecule has 2 aromatic rings. The van der Waals surface area contributed by atoms with Crippen LogP contribution in [0.15, 0.2) is 16.9 Å². The number of aryl methyl sites for hydroxylation is 4. The molecule has 1 N–H and O–H groups in total. The van der Waals surface area contributed by atoms with Crippen molar-refractivity contribution in [1.29, 1.82) is 5.26 Å². The quantitative estimate of drug-likeness (QED) is 0.613. The summed E-state index contributed by atoms with van der Waals surface area (Å²) in [5, 5.41) is 9.11. The lowest BCUT2D eigenvalue weighted by Gasteiger charge is -2.12. The predicted octanol–water partition coefficient (Wildman–Crippen LogP) is 3.15.